The molecule has 0 aliphatic rings. The van der Waals surface area contributed by atoms with Crippen LogP contribution in [0.3, 0.4) is 0 Å². The van der Waals surface area contributed by atoms with Crippen molar-refractivity contribution in [2.75, 3.05) is 32.9 Å². The SMILES string of the molecule is CCN(CCOCCO)C(=O)c1cccn1CC. The first-order chi connectivity index (χ1) is 8.74. The number of likely N-dealkylation sites (N-methyl/N-ethyl adjacent to an activating group) is 1. The van der Waals surface area contributed by atoms with Gasteiger partial charge in [-0.05, 0) is 26.0 Å². The fraction of sp³-hybridized carbons (Fsp3) is 0.615. The second-order valence-corrected chi connectivity index (χ2v) is 3.90. The van der Waals surface area contributed by atoms with Crippen molar-refractivity contribution in [1.82, 2.24) is 9.47 Å². The quantitative estimate of drug-likeness (QED) is 0.704. The van der Waals surface area contributed by atoms with Crippen LogP contribution in [0.1, 0.15) is 24.3 Å². The van der Waals surface area contributed by atoms with E-state index in [1.165, 1.54) is 0 Å². The van der Waals surface area contributed by atoms with Crippen LogP contribution in [0.25, 0.3) is 0 Å². The van der Waals surface area contributed by atoms with Gasteiger partial charge in [-0.3, -0.25) is 4.79 Å². The summed E-state index contributed by atoms with van der Waals surface area (Å²) < 4.78 is 7.12. The number of carbonyl (C=O) groups excluding carboxylic acids is 1. The van der Waals surface area contributed by atoms with Gasteiger partial charge in [0.05, 0.1) is 19.8 Å². The maximum Gasteiger partial charge on any atom is 0.270 e. The highest BCUT2D eigenvalue weighted by Crippen LogP contribution is 2.06. The zero-order chi connectivity index (χ0) is 13.4. The highest BCUT2D eigenvalue weighted by Gasteiger charge is 2.16. The van der Waals surface area contributed by atoms with Gasteiger partial charge in [0.15, 0.2) is 0 Å². The van der Waals surface area contributed by atoms with E-state index in [2.05, 4.69) is 0 Å². The minimum atomic E-state index is 0.0127. The number of carbonyl (C=O) groups is 1. The average Bonchev–Trinajstić information content (AvgIpc) is 2.86. The Bertz CT molecular complexity index is 363. The van der Waals surface area contributed by atoms with Crippen LogP contribution in [0.5, 0.6) is 0 Å². The topological polar surface area (TPSA) is 54.7 Å². The summed E-state index contributed by atoms with van der Waals surface area (Å²) in [6.45, 7) is 6.72. The number of aliphatic hydroxyl groups is 1. The highest BCUT2D eigenvalue weighted by molar-refractivity contribution is 5.92. The molecule has 0 aliphatic carbocycles. The third-order valence-electron chi connectivity index (χ3n) is 2.80. The molecular formula is C13H22N2O3. The lowest BCUT2D eigenvalue weighted by molar-refractivity contribution is 0.0571. The maximum atomic E-state index is 12.3. The molecule has 1 heterocycles. The molecule has 1 amide bonds. The molecule has 1 aromatic rings. The van der Waals surface area contributed by atoms with Gasteiger partial charge in [-0.25, -0.2) is 0 Å². The molecule has 0 fully saturated rings. The number of nitrogens with zero attached hydrogens (tertiary/aromatic N) is 2. The second-order valence-electron chi connectivity index (χ2n) is 3.90. The first-order valence-electron chi connectivity index (χ1n) is 6.37. The van der Waals surface area contributed by atoms with Crippen molar-refractivity contribution < 1.29 is 14.6 Å². The molecule has 0 bridgehead atoms. The Morgan fingerprint density at radius 1 is 1.44 bits per heavy atom. The standard InChI is InChI=1S/C13H22N2O3/c1-3-14-7-5-6-12(14)13(17)15(4-2)8-10-18-11-9-16/h5-7,16H,3-4,8-11H2,1-2H3. The van der Waals surface area contributed by atoms with Crippen LogP contribution in [0.4, 0.5) is 0 Å². The maximum absolute atomic E-state index is 12.3. The molecule has 0 aliphatic heterocycles. The highest BCUT2D eigenvalue weighted by atomic mass is 16.5. The van der Waals surface area contributed by atoms with E-state index in [4.69, 9.17) is 9.84 Å². The number of aromatic nitrogens is 1. The smallest absolute Gasteiger partial charge is 0.270 e. The molecule has 0 unspecified atom stereocenters. The van der Waals surface area contributed by atoms with E-state index in [9.17, 15) is 4.79 Å². The van der Waals surface area contributed by atoms with E-state index in [-0.39, 0.29) is 12.5 Å². The van der Waals surface area contributed by atoms with Gasteiger partial charge in [-0.2, -0.15) is 0 Å². The van der Waals surface area contributed by atoms with Crippen molar-refractivity contribution in [1.29, 1.82) is 0 Å². The van der Waals surface area contributed by atoms with Crippen molar-refractivity contribution in [3.05, 3.63) is 24.0 Å². The Morgan fingerprint density at radius 2 is 2.22 bits per heavy atom. The predicted octanol–water partition coefficient (Wildman–Crippen LogP) is 0.979. The fourth-order valence-electron chi connectivity index (χ4n) is 1.79. The number of ether oxygens (including phenoxy) is 1. The summed E-state index contributed by atoms with van der Waals surface area (Å²) in [7, 11) is 0. The number of hydrogen-bond donors (Lipinski definition) is 1. The van der Waals surface area contributed by atoms with Crippen LogP contribution < -0.4 is 0 Å². The van der Waals surface area contributed by atoms with Gasteiger partial charge in [-0.15, -0.1) is 0 Å². The van der Waals surface area contributed by atoms with Crippen LogP contribution in [0.15, 0.2) is 18.3 Å². The fourth-order valence-corrected chi connectivity index (χ4v) is 1.79. The van der Waals surface area contributed by atoms with E-state index in [0.29, 0.717) is 32.0 Å². The van der Waals surface area contributed by atoms with Gasteiger partial charge in [0.2, 0.25) is 0 Å². The van der Waals surface area contributed by atoms with E-state index in [0.717, 1.165) is 6.54 Å². The molecule has 0 saturated heterocycles. The lowest BCUT2D eigenvalue weighted by Crippen LogP contribution is -2.35. The Balaban J connectivity index is 2.56. The number of rotatable bonds is 8. The number of aliphatic hydroxyl groups excluding tert-OH is 1. The van der Waals surface area contributed by atoms with Gasteiger partial charge in [-0.1, -0.05) is 0 Å². The Labute approximate surface area is 108 Å². The summed E-state index contributed by atoms with van der Waals surface area (Å²) in [5.41, 5.74) is 0.710. The minimum absolute atomic E-state index is 0.0127. The molecule has 0 atom stereocenters. The molecule has 5 nitrogen and oxygen atoms in total. The normalized spacial score (nSPS) is 10.6. The summed E-state index contributed by atoms with van der Waals surface area (Å²) in [5, 5.41) is 8.61. The first kappa shape index (κ1) is 14.7. The van der Waals surface area contributed by atoms with Crippen LogP contribution in [-0.2, 0) is 11.3 Å². The molecule has 102 valence electrons. The third-order valence-corrected chi connectivity index (χ3v) is 2.80. The van der Waals surface area contributed by atoms with E-state index in [1.807, 2.05) is 36.7 Å². The first-order valence-corrected chi connectivity index (χ1v) is 6.37. The van der Waals surface area contributed by atoms with Crippen molar-refractivity contribution in [3.8, 4) is 0 Å². The molecule has 1 rings (SSSR count). The molecule has 0 aromatic carbocycles. The molecule has 1 N–H and O–H groups in total. The average molecular weight is 254 g/mol. The molecule has 18 heavy (non-hydrogen) atoms. The van der Waals surface area contributed by atoms with E-state index >= 15 is 0 Å². The molecular weight excluding hydrogens is 232 g/mol. The van der Waals surface area contributed by atoms with Gasteiger partial charge in [0.25, 0.3) is 5.91 Å². The Hall–Kier alpha value is -1.33. The van der Waals surface area contributed by atoms with Gasteiger partial charge >= 0.3 is 0 Å². The lowest BCUT2D eigenvalue weighted by Gasteiger charge is -2.21. The minimum Gasteiger partial charge on any atom is -0.394 e. The van der Waals surface area contributed by atoms with Crippen molar-refractivity contribution >= 4 is 5.91 Å². The van der Waals surface area contributed by atoms with Crippen LogP contribution in [0, 0.1) is 0 Å². The van der Waals surface area contributed by atoms with Crippen molar-refractivity contribution in [3.63, 3.8) is 0 Å². The van der Waals surface area contributed by atoms with Crippen LogP contribution in [0.2, 0.25) is 0 Å². The van der Waals surface area contributed by atoms with Gasteiger partial charge < -0.3 is 19.3 Å². The van der Waals surface area contributed by atoms with Crippen LogP contribution >= 0.6 is 0 Å². The summed E-state index contributed by atoms with van der Waals surface area (Å²) >= 11 is 0. The Morgan fingerprint density at radius 3 is 2.83 bits per heavy atom. The second kappa shape index (κ2) is 7.89. The summed E-state index contributed by atoms with van der Waals surface area (Å²) in [4.78, 5) is 14.0. The molecule has 1 aromatic heterocycles. The molecule has 0 spiro atoms. The lowest BCUT2D eigenvalue weighted by atomic mass is 10.3. The zero-order valence-electron chi connectivity index (χ0n) is 11.1. The summed E-state index contributed by atoms with van der Waals surface area (Å²) in [6, 6.07) is 3.72. The number of hydrogen-bond acceptors (Lipinski definition) is 3. The number of aryl methyl sites for hydroxylation is 1. The van der Waals surface area contributed by atoms with E-state index < -0.39 is 0 Å². The third kappa shape index (κ3) is 3.85. The summed E-state index contributed by atoms with van der Waals surface area (Å²) in [5.74, 6) is 0.0250. The van der Waals surface area contributed by atoms with E-state index in [1.54, 1.807) is 4.90 Å². The van der Waals surface area contributed by atoms with Gasteiger partial charge in [0, 0.05) is 25.8 Å². The summed E-state index contributed by atoms with van der Waals surface area (Å²) in [6.07, 6.45) is 1.91. The molecule has 0 radical (unpaired) electrons. The largest absolute Gasteiger partial charge is 0.394 e. The van der Waals surface area contributed by atoms with Crippen molar-refractivity contribution in [2.45, 2.75) is 20.4 Å². The van der Waals surface area contributed by atoms with Crippen molar-refractivity contribution in [2.24, 2.45) is 0 Å². The monoisotopic (exact) mass is 254 g/mol. The number of amides is 1. The van der Waals surface area contributed by atoms with Crippen LogP contribution in [-0.4, -0.2) is 53.4 Å². The molecule has 5 heteroatoms. The molecule has 0 saturated carbocycles. The Kier molecular flexibility index (Phi) is 6.46. The predicted molar refractivity (Wildman–Crippen MR) is 69.6 cm³/mol. The zero-order valence-corrected chi connectivity index (χ0v) is 11.1. The van der Waals surface area contributed by atoms with Gasteiger partial charge in [0.1, 0.15) is 5.69 Å².